The number of ether oxygens (including phenoxy) is 1. The lowest BCUT2D eigenvalue weighted by Crippen LogP contribution is -2.64. The van der Waals surface area contributed by atoms with E-state index in [2.05, 4.69) is 50.4 Å². The van der Waals surface area contributed by atoms with Gasteiger partial charge in [0.1, 0.15) is 12.6 Å². The van der Waals surface area contributed by atoms with Crippen LogP contribution in [0.25, 0.3) is 11.1 Å². The summed E-state index contributed by atoms with van der Waals surface area (Å²) in [6.45, 7) is 8.30. The number of likely N-dealkylation sites (tertiary alicyclic amines) is 1. The first-order valence-electron chi connectivity index (χ1n) is 12.1. The molecule has 2 aromatic rings. The normalized spacial score (nSPS) is 17.1. The van der Waals surface area contributed by atoms with Crippen molar-refractivity contribution in [1.29, 1.82) is 0 Å². The van der Waals surface area contributed by atoms with Crippen LogP contribution in [0.3, 0.4) is 0 Å². The third kappa shape index (κ3) is 5.19. The fourth-order valence-corrected chi connectivity index (χ4v) is 4.92. The summed E-state index contributed by atoms with van der Waals surface area (Å²) in [4.78, 5) is 38.9. The Labute approximate surface area is 206 Å². The molecule has 2 amide bonds. The minimum Gasteiger partial charge on any atom is -0.481 e. The number of nitrogens with zero attached hydrogens (tertiary/aromatic N) is 1. The second-order valence-corrected chi connectivity index (χ2v) is 11.2. The van der Waals surface area contributed by atoms with Crippen LogP contribution in [0, 0.1) is 10.8 Å². The Morgan fingerprint density at radius 2 is 1.60 bits per heavy atom. The van der Waals surface area contributed by atoms with Gasteiger partial charge < -0.3 is 20.1 Å². The number of carbonyl (C=O) groups excluding carboxylic acids is 2. The van der Waals surface area contributed by atoms with Gasteiger partial charge in [0.25, 0.3) is 0 Å². The van der Waals surface area contributed by atoms with Crippen molar-refractivity contribution in [1.82, 2.24) is 10.2 Å². The van der Waals surface area contributed by atoms with E-state index in [0.29, 0.717) is 6.42 Å². The molecule has 0 saturated carbocycles. The fourth-order valence-electron chi connectivity index (χ4n) is 4.92. The largest absolute Gasteiger partial charge is 0.481 e. The Morgan fingerprint density at radius 3 is 2.11 bits per heavy atom. The van der Waals surface area contributed by atoms with E-state index in [9.17, 15) is 19.5 Å². The van der Waals surface area contributed by atoms with Crippen LogP contribution < -0.4 is 5.32 Å². The van der Waals surface area contributed by atoms with Gasteiger partial charge in [0.15, 0.2) is 0 Å². The molecule has 7 nitrogen and oxygen atoms in total. The lowest BCUT2D eigenvalue weighted by Gasteiger charge is -2.46. The van der Waals surface area contributed by atoms with Crippen LogP contribution >= 0.6 is 0 Å². The van der Waals surface area contributed by atoms with Crippen molar-refractivity contribution in [3.8, 4) is 11.1 Å². The number of alkyl carbamates (subject to hydrolysis) is 1. The van der Waals surface area contributed by atoms with E-state index >= 15 is 0 Å². The van der Waals surface area contributed by atoms with Gasteiger partial charge in [-0.15, -0.1) is 0 Å². The van der Waals surface area contributed by atoms with E-state index in [-0.39, 0.29) is 36.9 Å². The van der Waals surface area contributed by atoms with E-state index in [4.69, 9.17) is 4.74 Å². The zero-order chi connectivity index (χ0) is 25.4. The number of nitrogens with one attached hydrogen (secondary N) is 1. The van der Waals surface area contributed by atoms with Crippen LogP contribution in [0.15, 0.2) is 48.5 Å². The van der Waals surface area contributed by atoms with E-state index in [1.54, 1.807) is 6.92 Å². The molecular weight excluding hydrogens is 444 g/mol. The highest BCUT2D eigenvalue weighted by molar-refractivity contribution is 5.89. The number of carboxylic acid groups (broad SMARTS) is 1. The first-order valence-corrected chi connectivity index (χ1v) is 12.1. The highest BCUT2D eigenvalue weighted by Crippen LogP contribution is 2.44. The Morgan fingerprint density at radius 1 is 1.06 bits per heavy atom. The monoisotopic (exact) mass is 478 g/mol. The topological polar surface area (TPSA) is 95.9 Å². The second kappa shape index (κ2) is 9.36. The molecule has 1 atom stereocenters. The molecule has 1 fully saturated rings. The van der Waals surface area contributed by atoms with Gasteiger partial charge in [-0.25, -0.2) is 4.79 Å². The van der Waals surface area contributed by atoms with Gasteiger partial charge in [-0.2, -0.15) is 0 Å². The molecule has 0 radical (unpaired) electrons. The zero-order valence-electron chi connectivity index (χ0n) is 20.8. The number of hydrogen-bond acceptors (Lipinski definition) is 4. The number of carboxylic acids is 1. The lowest BCUT2D eigenvalue weighted by atomic mass is 9.81. The predicted octanol–water partition coefficient (Wildman–Crippen LogP) is 4.65. The molecule has 2 aliphatic rings. The molecule has 1 aliphatic carbocycles. The molecule has 1 heterocycles. The molecule has 0 aromatic heterocycles. The molecule has 35 heavy (non-hydrogen) atoms. The van der Waals surface area contributed by atoms with Crippen molar-refractivity contribution in [3.05, 3.63) is 59.7 Å². The molecule has 2 aromatic carbocycles. The van der Waals surface area contributed by atoms with Crippen LogP contribution in [0.5, 0.6) is 0 Å². The number of hydrogen-bond donors (Lipinski definition) is 2. The fraction of sp³-hybridized carbons (Fsp3) is 0.464. The molecule has 0 bridgehead atoms. The maximum absolute atomic E-state index is 13.1. The highest BCUT2D eigenvalue weighted by Gasteiger charge is 2.48. The molecule has 186 valence electrons. The molecule has 1 saturated heterocycles. The highest BCUT2D eigenvalue weighted by atomic mass is 16.5. The van der Waals surface area contributed by atoms with E-state index < -0.39 is 23.5 Å². The van der Waals surface area contributed by atoms with E-state index in [0.717, 1.165) is 28.7 Å². The van der Waals surface area contributed by atoms with Crippen molar-refractivity contribution in [2.45, 2.75) is 52.5 Å². The first kappa shape index (κ1) is 24.8. The molecule has 2 N–H and O–H groups in total. The number of aliphatic carboxylic acids is 1. The van der Waals surface area contributed by atoms with Gasteiger partial charge in [-0.05, 0) is 47.4 Å². The Hall–Kier alpha value is -3.35. The summed E-state index contributed by atoms with van der Waals surface area (Å²) < 4.78 is 5.65. The van der Waals surface area contributed by atoms with Crippen molar-refractivity contribution in [2.24, 2.45) is 10.8 Å². The number of fused-ring (bicyclic) bond motifs is 3. The maximum atomic E-state index is 13.1. The zero-order valence-corrected chi connectivity index (χ0v) is 20.8. The van der Waals surface area contributed by atoms with Gasteiger partial charge in [0, 0.05) is 19.0 Å². The minimum atomic E-state index is -0.937. The summed E-state index contributed by atoms with van der Waals surface area (Å²) in [5, 5.41) is 12.1. The van der Waals surface area contributed by atoms with Crippen molar-refractivity contribution in [2.75, 3.05) is 19.7 Å². The summed E-state index contributed by atoms with van der Waals surface area (Å²) in [6, 6.07) is 15.5. The summed E-state index contributed by atoms with van der Waals surface area (Å²) in [5.74, 6) is -1.25. The molecular formula is C28H34N2O5. The van der Waals surface area contributed by atoms with Crippen molar-refractivity contribution < 1.29 is 24.2 Å². The summed E-state index contributed by atoms with van der Waals surface area (Å²) >= 11 is 0. The summed E-state index contributed by atoms with van der Waals surface area (Å²) in [5.41, 5.74) is 3.58. The minimum absolute atomic E-state index is 0.0219. The third-order valence-electron chi connectivity index (χ3n) is 7.02. The van der Waals surface area contributed by atoms with Gasteiger partial charge in [-0.1, -0.05) is 69.3 Å². The Bertz CT molecular complexity index is 1080. The van der Waals surface area contributed by atoms with E-state index in [1.807, 2.05) is 24.3 Å². The van der Waals surface area contributed by atoms with Gasteiger partial charge >= 0.3 is 12.1 Å². The average molecular weight is 479 g/mol. The van der Waals surface area contributed by atoms with Gasteiger partial charge in [0.2, 0.25) is 5.91 Å². The molecule has 7 heteroatoms. The van der Waals surface area contributed by atoms with Crippen LogP contribution in [0.4, 0.5) is 4.79 Å². The third-order valence-corrected chi connectivity index (χ3v) is 7.02. The number of rotatable bonds is 7. The van der Waals surface area contributed by atoms with Crippen LogP contribution in [0.1, 0.15) is 57.6 Å². The van der Waals surface area contributed by atoms with Crippen LogP contribution in [-0.4, -0.2) is 53.7 Å². The van der Waals surface area contributed by atoms with Gasteiger partial charge in [0.05, 0.1) is 5.41 Å². The van der Waals surface area contributed by atoms with Gasteiger partial charge in [-0.3, -0.25) is 9.59 Å². The number of amides is 2. The second-order valence-electron chi connectivity index (χ2n) is 11.2. The maximum Gasteiger partial charge on any atom is 0.407 e. The number of benzene rings is 2. The smallest absolute Gasteiger partial charge is 0.407 e. The predicted molar refractivity (Wildman–Crippen MR) is 133 cm³/mol. The molecule has 1 aliphatic heterocycles. The number of carbonyl (C=O) groups is 3. The quantitative estimate of drug-likeness (QED) is 0.604. The Balaban J connectivity index is 1.42. The standard InChI is InChI=1S/C28H34N2O5/c1-27(2,3)14-13-23(24(31)30-16-28(4,17-30)25(32)33)29-26(34)35-15-22-20-11-7-5-9-18(20)19-10-6-8-12-21(19)22/h5-12,22-23H,13-17H2,1-4H3,(H,29,34)(H,32,33). The van der Waals surface area contributed by atoms with Crippen molar-refractivity contribution in [3.63, 3.8) is 0 Å². The lowest BCUT2D eigenvalue weighted by molar-refractivity contribution is -0.164. The average Bonchev–Trinajstić information content (AvgIpc) is 3.11. The SMILES string of the molecule is CC(C)(C)CCC(NC(=O)OCC1c2ccccc2-c2ccccc21)C(=O)N1CC(C)(C(=O)O)C1. The first-order chi connectivity index (χ1) is 16.5. The van der Waals surface area contributed by atoms with Crippen LogP contribution in [0.2, 0.25) is 0 Å². The summed E-state index contributed by atoms with van der Waals surface area (Å²) in [6.07, 6.45) is 0.532. The molecule has 1 unspecified atom stereocenters. The molecule has 0 spiro atoms. The van der Waals surface area contributed by atoms with Crippen LogP contribution in [-0.2, 0) is 14.3 Å². The Kier molecular flexibility index (Phi) is 6.62. The summed E-state index contributed by atoms with van der Waals surface area (Å²) in [7, 11) is 0. The van der Waals surface area contributed by atoms with Crippen molar-refractivity contribution >= 4 is 18.0 Å². The van der Waals surface area contributed by atoms with E-state index in [1.165, 1.54) is 4.90 Å². The molecule has 4 rings (SSSR count).